The first-order valence-electron chi connectivity index (χ1n) is 5.03. The molecule has 2 N–H and O–H groups in total. The van der Waals surface area contributed by atoms with Gasteiger partial charge in [-0.1, -0.05) is 0 Å². The molecule has 2 rings (SSSR count). The maximum absolute atomic E-state index is 4.48. The molecule has 0 amide bonds. The van der Waals surface area contributed by atoms with Crippen LogP contribution >= 0.6 is 11.8 Å². The molecule has 1 fully saturated rings. The number of hydrogen-bond acceptors (Lipinski definition) is 4. The van der Waals surface area contributed by atoms with Gasteiger partial charge < -0.3 is 10.6 Å². The molecule has 2 aliphatic heterocycles. The highest BCUT2D eigenvalue weighted by Crippen LogP contribution is 2.07. The minimum Gasteiger partial charge on any atom is -0.369 e. The zero-order valence-corrected chi connectivity index (χ0v) is 8.70. The second-order valence-electron chi connectivity index (χ2n) is 3.57. The van der Waals surface area contributed by atoms with Crippen LogP contribution in [0.25, 0.3) is 0 Å². The van der Waals surface area contributed by atoms with Gasteiger partial charge in [0.15, 0.2) is 0 Å². The number of rotatable bonds is 1. The zero-order valence-electron chi connectivity index (χ0n) is 7.88. The lowest BCUT2D eigenvalue weighted by Gasteiger charge is -2.26. The molecule has 0 spiro atoms. The minimum atomic E-state index is 0.617. The zero-order chi connectivity index (χ0) is 8.93. The van der Waals surface area contributed by atoms with Gasteiger partial charge >= 0.3 is 0 Å². The molecule has 0 bridgehead atoms. The summed E-state index contributed by atoms with van der Waals surface area (Å²) in [7, 11) is 0. The first-order valence-corrected chi connectivity index (χ1v) is 6.19. The molecule has 0 aromatic heterocycles. The molecule has 2 aliphatic rings. The number of nitrogens with zero attached hydrogens (tertiary/aromatic N) is 1. The summed E-state index contributed by atoms with van der Waals surface area (Å²) in [6, 6.07) is 0.617. The fourth-order valence-corrected chi connectivity index (χ4v) is 2.49. The van der Waals surface area contributed by atoms with Crippen LogP contribution in [0.2, 0.25) is 0 Å². The third kappa shape index (κ3) is 2.88. The molecule has 1 atom stereocenters. The predicted molar refractivity (Wildman–Crippen MR) is 58.7 cm³/mol. The van der Waals surface area contributed by atoms with Crippen molar-refractivity contribution in [1.82, 2.24) is 10.6 Å². The Morgan fingerprint density at radius 2 is 2.54 bits per heavy atom. The Hall–Kier alpha value is -0.220. The highest BCUT2D eigenvalue weighted by Gasteiger charge is 2.14. The Bertz CT molecular complexity index is 187. The molecule has 74 valence electrons. The van der Waals surface area contributed by atoms with Gasteiger partial charge in [0.05, 0.1) is 12.3 Å². The van der Waals surface area contributed by atoms with E-state index in [0.29, 0.717) is 6.04 Å². The predicted octanol–water partition coefficient (Wildman–Crippen LogP) is 0.473. The summed E-state index contributed by atoms with van der Waals surface area (Å²) in [5.41, 5.74) is 0. The van der Waals surface area contributed by atoms with Crippen LogP contribution in [0.15, 0.2) is 4.99 Å². The lowest BCUT2D eigenvalue weighted by Crippen LogP contribution is -2.46. The van der Waals surface area contributed by atoms with Gasteiger partial charge in [-0.15, -0.1) is 0 Å². The van der Waals surface area contributed by atoms with Crippen molar-refractivity contribution in [3.63, 3.8) is 0 Å². The van der Waals surface area contributed by atoms with Gasteiger partial charge in [0.1, 0.15) is 5.84 Å². The van der Waals surface area contributed by atoms with E-state index in [0.717, 1.165) is 18.8 Å². The third-order valence-electron chi connectivity index (χ3n) is 2.44. The van der Waals surface area contributed by atoms with Crippen molar-refractivity contribution in [1.29, 1.82) is 0 Å². The Kier molecular flexibility index (Phi) is 3.49. The van der Waals surface area contributed by atoms with E-state index in [9.17, 15) is 0 Å². The van der Waals surface area contributed by atoms with Crippen LogP contribution in [0.1, 0.15) is 12.8 Å². The second kappa shape index (κ2) is 4.86. The van der Waals surface area contributed by atoms with Crippen molar-refractivity contribution < 1.29 is 0 Å². The molecule has 0 radical (unpaired) electrons. The van der Waals surface area contributed by atoms with Crippen molar-refractivity contribution in [3.8, 4) is 0 Å². The number of thioether (sulfide) groups is 1. The van der Waals surface area contributed by atoms with Crippen LogP contribution in [0.3, 0.4) is 0 Å². The number of hydrogen-bond donors (Lipinski definition) is 2. The lowest BCUT2D eigenvalue weighted by molar-refractivity contribution is 0.430. The standard InChI is InChI=1S/C9H17N3S/c1-2-8(6-10-3-1)12-9-7-13-5-4-11-9/h8,10H,1-7H2,(H,11,12). The van der Waals surface area contributed by atoms with Crippen LogP contribution in [-0.4, -0.2) is 43.0 Å². The number of amidine groups is 1. The van der Waals surface area contributed by atoms with Crippen LogP contribution in [0.5, 0.6) is 0 Å². The Balaban J connectivity index is 1.78. The van der Waals surface area contributed by atoms with Gasteiger partial charge in [0.2, 0.25) is 0 Å². The smallest absolute Gasteiger partial charge is 0.107 e. The van der Waals surface area contributed by atoms with Gasteiger partial charge in [0, 0.05) is 18.3 Å². The summed E-state index contributed by atoms with van der Waals surface area (Å²) in [4.78, 5) is 4.48. The molecule has 2 heterocycles. The van der Waals surface area contributed by atoms with E-state index in [1.54, 1.807) is 0 Å². The summed E-state index contributed by atoms with van der Waals surface area (Å²) >= 11 is 1.98. The molecule has 0 aliphatic carbocycles. The number of aliphatic imine (C=N–C) groups is 1. The molecule has 3 nitrogen and oxygen atoms in total. The van der Waals surface area contributed by atoms with E-state index in [4.69, 9.17) is 0 Å². The van der Waals surface area contributed by atoms with Gasteiger partial charge in [-0.05, 0) is 19.4 Å². The summed E-state index contributed by atoms with van der Waals surface area (Å²) in [6.45, 7) is 3.27. The maximum Gasteiger partial charge on any atom is 0.107 e. The van der Waals surface area contributed by atoms with Crippen molar-refractivity contribution >= 4 is 17.6 Å². The SMILES string of the molecule is C1CNCC(NC2=NCCSC2)C1. The molecule has 0 aromatic carbocycles. The van der Waals surface area contributed by atoms with Crippen LogP contribution in [-0.2, 0) is 0 Å². The summed E-state index contributed by atoms with van der Waals surface area (Å²) in [5, 5.41) is 6.92. The molecular formula is C9H17N3S. The van der Waals surface area contributed by atoms with E-state index in [1.807, 2.05) is 11.8 Å². The van der Waals surface area contributed by atoms with Crippen LogP contribution < -0.4 is 10.6 Å². The summed E-state index contributed by atoms with van der Waals surface area (Å²) in [5.74, 6) is 3.48. The topological polar surface area (TPSA) is 36.4 Å². The number of piperidine rings is 1. The fourth-order valence-electron chi connectivity index (χ4n) is 1.76. The Morgan fingerprint density at radius 3 is 3.23 bits per heavy atom. The quantitative estimate of drug-likeness (QED) is 0.644. The Morgan fingerprint density at radius 1 is 1.54 bits per heavy atom. The highest BCUT2D eigenvalue weighted by atomic mass is 32.2. The average molecular weight is 199 g/mol. The van der Waals surface area contributed by atoms with Gasteiger partial charge in [-0.2, -0.15) is 11.8 Å². The largest absolute Gasteiger partial charge is 0.369 e. The molecule has 0 aromatic rings. The molecule has 1 unspecified atom stereocenters. The lowest BCUT2D eigenvalue weighted by atomic mass is 10.1. The van der Waals surface area contributed by atoms with E-state index in [1.165, 1.54) is 31.0 Å². The average Bonchev–Trinajstić information content (AvgIpc) is 2.21. The van der Waals surface area contributed by atoms with E-state index in [-0.39, 0.29) is 0 Å². The van der Waals surface area contributed by atoms with E-state index in [2.05, 4.69) is 15.6 Å². The first-order chi connectivity index (χ1) is 6.45. The molecule has 1 saturated heterocycles. The fraction of sp³-hybridized carbons (Fsp3) is 0.889. The molecule has 4 heteroatoms. The monoisotopic (exact) mass is 199 g/mol. The molecular weight excluding hydrogens is 182 g/mol. The number of nitrogens with one attached hydrogen (secondary N) is 2. The van der Waals surface area contributed by atoms with E-state index < -0.39 is 0 Å². The molecule has 13 heavy (non-hydrogen) atoms. The maximum atomic E-state index is 4.48. The van der Waals surface area contributed by atoms with Crippen LogP contribution in [0, 0.1) is 0 Å². The highest BCUT2D eigenvalue weighted by molar-refractivity contribution is 8.00. The molecule has 0 saturated carbocycles. The first kappa shape index (κ1) is 9.34. The Labute approximate surface area is 83.8 Å². The summed E-state index contributed by atoms with van der Waals surface area (Å²) in [6.07, 6.45) is 2.58. The van der Waals surface area contributed by atoms with Crippen LogP contribution in [0.4, 0.5) is 0 Å². The van der Waals surface area contributed by atoms with Crippen molar-refractivity contribution in [2.75, 3.05) is 31.1 Å². The van der Waals surface area contributed by atoms with Crippen molar-refractivity contribution in [2.45, 2.75) is 18.9 Å². The normalized spacial score (nSPS) is 29.5. The minimum absolute atomic E-state index is 0.617. The van der Waals surface area contributed by atoms with Crippen molar-refractivity contribution in [3.05, 3.63) is 0 Å². The van der Waals surface area contributed by atoms with Crippen molar-refractivity contribution in [2.24, 2.45) is 4.99 Å². The van der Waals surface area contributed by atoms with Gasteiger partial charge in [-0.3, -0.25) is 4.99 Å². The second-order valence-corrected chi connectivity index (χ2v) is 4.67. The van der Waals surface area contributed by atoms with E-state index >= 15 is 0 Å². The summed E-state index contributed by atoms with van der Waals surface area (Å²) < 4.78 is 0. The van der Waals surface area contributed by atoms with Gasteiger partial charge in [-0.25, -0.2) is 0 Å². The van der Waals surface area contributed by atoms with Gasteiger partial charge in [0.25, 0.3) is 0 Å². The third-order valence-corrected chi connectivity index (χ3v) is 3.39.